The zero-order valence-electron chi connectivity index (χ0n) is 20.1. The molecule has 0 aliphatic heterocycles. The third-order valence-corrected chi connectivity index (χ3v) is 4.67. The summed E-state index contributed by atoms with van der Waals surface area (Å²) in [5.74, 6) is 0. The summed E-state index contributed by atoms with van der Waals surface area (Å²) in [5.41, 5.74) is 0. The van der Waals surface area contributed by atoms with Crippen LogP contribution in [0.1, 0.15) is 117 Å². The van der Waals surface area contributed by atoms with Gasteiger partial charge < -0.3 is 9.90 Å². The number of unbranched alkanes of at least 4 members (excludes halogenated alkanes) is 12. The van der Waals surface area contributed by atoms with Gasteiger partial charge in [-0.25, -0.2) is 0 Å². The Morgan fingerprint density at radius 3 is 1.47 bits per heavy atom. The van der Waals surface area contributed by atoms with Crippen molar-refractivity contribution in [3.05, 3.63) is 48.6 Å². The molecule has 0 unspecified atom stereocenters. The average molecular weight is 419 g/mol. The van der Waals surface area contributed by atoms with E-state index in [-0.39, 0.29) is 0 Å². The molecule has 0 aliphatic rings. The van der Waals surface area contributed by atoms with Crippen molar-refractivity contribution in [2.24, 2.45) is 0 Å². The predicted molar refractivity (Wildman–Crippen MR) is 135 cm³/mol. The molecule has 0 spiro atoms. The Morgan fingerprint density at radius 1 is 0.500 bits per heavy atom. The molecule has 0 aromatic rings. The quantitative estimate of drug-likeness (QED) is 0.122. The number of hydrogen-bond acceptors (Lipinski definition) is 2. The van der Waals surface area contributed by atoms with Gasteiger partial charge in [-0.1, -0.05) is 114 Å². The lowest BCUT2D eigenvalue weighted by molar-refractivity contribution is -0.107. The number of carbonyl (C=O) groups is 1. The number of rotatable bonds is 20. The summed E-state index contributed by atoms with van der Waals surface area (Å²) >= 11 is 0. The summed E-state index contributed by atoms with van der Waals surface area (Å²) in [6.45, 7) is 4.76. The van der Waals surface area contributed by atoms with E-state index in [2.05, 4.69) is 62.5 Å². The van der Waals surface area contributed by atoms with E-state index >= 15 is 0 Å². The molecule has 0 amide bonds. The van der Waals surface area contributed by atoms with Gasteiger partial charge in [0.2, 0.25) is 0 Å². The number of hydrogen-bond donors (Lipinski definition) is 1. The summed E-state index contributed by atoms with van der Waals surface area (Å²) < 4.78 is 0. The molecule has 0 bridgehead atoms. The lowest BCUT2D eigenvalue weighted by Gasteiger charge is -1.99. The number of aldehydes is 1. The SMILES string of the molecule is CCC/C=C/C=C/CCCCCCCCCO.CCCC/C=C\C=C/CCCC=O. The maximum Gasteiger partial charge on any atom is 0.120 e. The second-order valence-corrected chi connectivity index (χ2v) is 7.73. The molecule has 0 saturated heterocycles. The van der Waals surface area contributed by atoms with Gasteiger partial charge in [-0.15, -0.1) is 0 Å². The highest BCUT2D eigenvalue weighted by Gasteiger charge is 1.90. The number of aliphatic hydroxyl groups excluding tert-OH is 1. The third kappa shape index (κ3) is 34.1. The first-order valence-corrected chi connectivity index (χ1v) is 12.5. The Hall–Kier alpha value is -1.41. The van der Waals surface area contributed by atoms with Crippen molar-refractivity contribution in [2.45, 2.75) is 117 Å². The molecule has 0 aliphatic carbocycles. The van der Waals surface area contributed by atoms with Gasteiger partial charge >= 0.3 is 0 Å². The van der Waals surface area contributed by atoms with Gasteiger partial charge in [0, 0.05) is 13.0 Å². The van der Waals surface area contributed by atoms with Crippen LogP contribution < -0.4 is 0 Å². The van der Waals surface area contributed by atoms with E-state index in [9.17, 15) is 4.79 Å². The summed E-state index contributed by atoms with van der Waals surface area (Å²) in [7, 11) is 0. The van der Waals surface area contributed by atoms with E-state index in [1.165, 1.54) is 77.0 Å². The van der Waals surface area contributed by atoms with Crippen LogP contribution in [0.5, 0.6) is 0 Å². The zero-order chi connectivity index (χ0) is 22.4. The topological polar surface area (TPSA) is 37.3 Å². The monoisotopic (exact) mass is 418 g/mol. The van der Waals surface area contributed by atoms with Crippen molar-refractivity contribution in [2.75, 3.05) is 6.61 Å². The average Bonchev–Trinajstić information content (AvgIpc) is 2.76. The van der Waals surface area contributed by atoms with Crippen molar-refractivity contribution in [3.8, 4) is 0 Å². The van der Waals surface area contributed by atoms with Crippen LogP contribution in [0.25, 0.3) is 0 Å². The van der Waals surface area contributed by atoms with Gasteiger partial charge in [0.1, 0.15) is 6.29 Å². The van der Waals surface area contributed by atoms with Gasteiger partial charge in [-0.2, -0.15) is 0 Å². The van der Waals surface area contributed by atoms with Gasteiger partial charge in [0.15, 0.2) is 0 Å². The minimum Gasteiger partial charge on any atom is -0.396 e. The minimum absolute atomic E-state index is 0.357. The van der Waals surface area contributed by atoms with Crippen LogP contribution in [0.2, 0.25) is 0 Å². The fourth-order valence-corrected chi connectivity index (χ4v) is 2.76. The Labute approximate surface area is 188 Å². The largest absolute Gasteiger partial charge is 0.396 e. The molecule has 174 valence electrons. The molecule has 2 heteroatoms. The Balaban J connectivity index is 0. The van der Waals surface area contributed by atoms with E-state index in [1.54, 1.807) is 0 Å². The van der Waals surface area contributed by atoms with Crippen LogP contribution in [0.15, 0.2) is 48.6 Å². The summed E-state index contributed by atoms with van der Waals surface area (Å²) in [4.78, 5) is 9.97. The molecule has 2 nitrogen and oxygen atoms in total. The smallest absolute Gasteiger partial charge is 0.120 e. The molecule has 0 rings (SSSR count). The minimum atomic E-state index is 0.357. The standard InChI is InChI=1S/C16H30O.C12H20O/c1-2-3-4-5-6-7-8-9-10-11-12-13-14-15-16-17;1-2-3-4-5-6-7-8-9-10-11-12-13/h4-7,17H,2-3,8-16H2,1H3;5-8,12H,2-4,9-11H2,1H3/b5-4+,7-6+;6-5-,8-7-. The molecule has 0 fully saturated rings. The summed E-state index contributed by atoms with van der Waals surface area (Å²) in [6.07, 6.45) is 37.1. The van der Waals surface area contributed by atoms with E-state index in [1.807, 2.05) is 0 Å². The van der Waals surface area contributed by atoms with Crippen LogP contribution in [0.4, 0.5) is 0 Å². The number of allylic oxidation sites excluding steroid dienone is 8. The lowest BCUT2D eigenvalue weighted by Crippen LogP contribution is -1.83. The van der Waals surface area contributed by atoms with Gasteiger partial charge in [-0.05, 0) is 44.9 Å². The Morgan fingerprint density at radius 2 is 0.967 bits per heavy atom. The number of carbonyl (C=O) groups excluding carboxylic acids is 1. The van der Waals surface area contributed by atoms with Gasteiger partial charge in [0.05, 0.1) is 0 Å². The first-order valence-electron chi connectivity index (χ1n) is 12.5. The molecule has 0 atom stereocenters. The maximum absolute atomic E-state index is 9.97. The zero-order valence-corrected chi connectivity index (χ0v) is 20.1. The molecule has 30 heavy (non-hydrogen) atoms. The molecule has 0 radical (unpaired) electrons. The van der Waals surface area contributed by atoms with Crippen molar-refractivity contribution in [1.29, 1.82) is 0 Å². The van der Waals surface area contributed by atoms with E-state index in [4.69, 9.17) is 5.11 Å². The first-order chi connectivity index (χ1) is 14.8. The number of aliphatic hydroxyl groups is 1. The highest BCUT2D eigenvalue weighted by atomic mass is 16.2. The molecule has 1 N–H and O–H groups in total. The molecular formula is C28H50O2. The van der Waals surface area contributed by atoms with Crippen molar-refractivity contribution in [1.82, 2.24) is 0 Å². The summed E-state index contributed by atoms with van der Waals surface area (Å²) in [6, 6.07) is 0. The second kappa shape index (κ2) is 32.3. The second-order valence-electron chi connectivity index (χ2n) is 7.73. The van der Waals surface area contributed by atoms with E-state index in [0.717, 1.165) is 25.5 Å². The van der Waals surface area contributed by atoms with Gasteiger partial charge in [-0.3, -0.25) is 0 Å². The van der Waals surface area contributed by atoms with E-state index < -0.39 is 0 Å². The fourth-order valence-electron chi connectivity index (χ4n) is 2.76. The van der Waals surface area contributed by atoms with Crippen LogP contribution >= 0.6 is 0 Å². The van der Waals surface area contributed by atoms with Crippen LogP contribution in [-0.2, 0) is 4.79 Å². The highest BCUT2D eigenvalue weighted by Crippen LogP contribution is 2.08. The fraction of sp³-hybridized carbons (Fsp3) is 0.679. The van der Waals surface area contributed by atoms with Crippen molar-refractivity contribution >= 4 is 6.29 Å². The van der Waals surface area contributed by atoms with Crippen LogP contribution in [0.3, 0.4) is 0 Å². The lowest BCUT2D eigenvalue weighted by atomic mass is 10.1. The highest BCUT2D eigenvalue weighted by molar-refractivity contribution is 5.49. The van der Waals surface area contributed by atoms with E-state index in [0.29, 0.717) is 13.0 Å². The molecule has 0 aromatic heterocycles. The predicted octanol–water partition coefficient (Wildman–Crippen LogP) is 8.67. The molecular weight excluding hydrogens is 368 g/mol. The summed E-state index contributed by atoms with van der Waals surface area (Å²) in [5, 5.41) is 8.63. The molecule has 0 aromatic carbocycles. The normalized spacial score (nSPS) is 11.7. The molecule has 0 saturated carbocycles. The van der Waals surface area contributed by atoms with Crippen LogP contribution in [0, 0.1) is 0 Å². The van der Waals surface area contributed by atoms with Gasteiger partial charge in [0.25, 0.3) is 0 Å². The Bertz CT molecular complexity index is 418. The van der Waals surface area contributed by atoms with Crippen molar-refractivity contribution < 1.29 is 9.90 Å². The molecule has 0 heterocycles. The van der Waals surface area contributed by atoms with Crippen molar-refractivity contribution in [3.63, 3.8) is 0 Å². The maximum atomic E-state index is 9.97. The van der Waals surface area contributed by atoms with Crippen LogP contribution in [-0.4, -0.2) is 18.0 Å². The Kier molecular flexibility index (Phi) is 33.1. The third-order valence-electron chi connectivity index (χ3n) is 4.67. The first kappa shape index (κ1) is 30.8.